The van der Waals surface area contributed by atoms with Gasteiger partial charge in [0.05, 0.1) is 4.90 Å². The van der Waals surface area contributed by atoms with Gasteiger partial charge in [-0.15, -0.1) is 0 Å². The van der Waals surface area contributed by atoms with E-state index in [2.05, 4.69) is 0 Å². The van der Waals surface area contributed by atoms with Crippen molar-refractivity contribution in [1.82, 2.24) is 0 Å². The summed E-state index contributed by atoms with van der Waals surface area (Å²) in [5.74, 6) is -0.838. The minimum atomic E-state index is -0.430. The van der Waals surface area contributed by atoms with Crippen LogP contribution in [0.25, 0.3) is 0 Å². The molecule has 19 heavy (non-hydrogen) atoms. The number of hydrogen-bond donors (Lipinski definition) is 1. The monoisotopic (exact) mass is 279 g/mol. The van der Waals surface area contributed by atoms with Gasteiger partial charge in [-0.1, -0.05) is 17.8 Å². The van der Waals surface area contributed by atoms with E-state index in [9.17, 15) is 8.78 Å². The number of nitrogens with two attached hydrogens (primary N) is 1. The number of halogens is 2. The summed E-state index contributed by atoms with van der Waals surface area (Å²) >= 11 is 1.22. The van der Waals surface area contributed by atoms with Gasteiger partial charge < -0.3 is 5.73 Å². The third kappa shape index (κ3) is 3.55. The SMILES string of the molecule is Cc1cc(Sc2cc(F)ccc2F)ccc1CCN. The number of rotatable bonds is 4. The zero-order valence-corrected chi connectivity index (χ0v) is 11.4. The smallest absolute Gasteiger partial charge is 0.137 e. The molecule has 0 aromatic heterocycles. The summed E-state index contributed by atoms with van der Waals surface area (Å²) in [5, 5.41) is 0. The van der Waals surface area contributed by atoms with E-state index in [-0.39, 0.29) is 0 Å². The lowest BCUT2D eigenvalue weighted by Gasteiger charge is -2.08. The standard InChI is InChI=1S/C15H15F2NS/c1-10-8-13(4-2-11(10)6-7-18)19-15-9-12(16)3-5-14(15)17/h2-5,8-9H,6-7,18H2,1H3. The van der Waals surface area contributed by atoms with Crippen LogP contribution >= 0.6 is 11.8 Å². The molecular weight excluding hydrogens is 264 g/mol. The minimum absolute atomic E-state index is 0.297. The van der Waals surface area contributed by atoms with E-state index in [0.717, 1.165) is 29.0 Å². The van der Waals surface area contributed by atoms with E-state index < -0.39 is 11.6 Å². The number of hydrogen-bond acceptors (Lipinski definition) is 2. The Morgan fingerprint density at radius 3 is 2.58 bits per heavy atom. The first-order chi connectivity index (χ1) is 9.10. The second-order valence-electron chi connectivity index (χ2n) is 4.30. The minimum Gasteiger partial charge on any atom is -0.330 e. The molecule has 4 heteroatoms. The number of benzene rings is 2. The first-order valence-electron chi connectivity index (χ1n) is 6.02. The van der Waals surface area contributed by atoms with Crippen molar-refractivity contribution in [2.75, 3.05) is 6.54 Å². The van der Waals surface area contributed by atoms with Crippen LogP contribution in [-0.2, 0) is 6.42 Å². The van der Waals surface area contributed by atoms with Gasteiger partial charge in [0, 0.05) is 4.90 Å². The average molecular weight is 279 g/mol. The normalized spacial score (nSPS) is 10.7. The van der Waals surface area contributed by atoms with E-state index in [1.54, 1.807) is 0 Å². The molecule has 2 aromatic carbocycles. The van der Waals surface area contributed by atoms with Gasteiger partial charge in [0.1, 0.15) is 11.6 Å². The molecule has 0 fully saturated rings. The summed E-state index contributed by atoms with van der Waals surface area (Å²) in [5.41, 5.74) is 7.84. The molecule has 0 saturated carbocycles. The molecule has 2 aromatic rings. The molecule has 0 aliphatic carbocycles. The zero-order chi connectivity index (χ0) is 13.8. The molecule has 0 aliphatic heterocycles. The van der Waals surface area contributed by atoms with Gasteiger partial charge in [-0.3, -0.25) is 0 Å². The van der Waals surface area contributed by atoms with Crippen LogP contribution in [0.1, 0.15) is 11.1 Å². The van der Waals surface area contributed by atoms with Crippen LogP contribution in [0.2, 0.25) is 0 Å². The first kappa shape index (κ1) is 14.0. The summed E-state index contributed by atoms with van der Waals surface area (Å²) in [4.78, 5) is 1.19. The van der Waals surface area contributed by atoms with Crippen molar-refractivity contribution in [2.24, 2.45) is 5.73 Å². The zero-order valence-electron chi connectivity index (χ0n) is 10.6. The summed E-state index contributed by atoms with van der Waals surface area (Å²) < 4.78 is 26.7. The maximum Gasteiger partial charge on any atom is 0.137 e. The Bertz CT molecular complexity index is 584. The predicted octanol–water partition coefficient (Wildman–Crippen LogP) is 3.93. The van der Waals surface area contributed by atoms with E-state index in [1.807, 2.05) is 25.1 Å². The third-order valence-corrected chi connectivity index (χ3v) is 3.87. The molecule has 2 N–H and O–H groups in total. The summed E-state index contributed by atoms with van der Waals surface area (Å²) in [6.07, 6.45) is 0.825. The van der Waals surface area contributed by atoms with Crippen LogP contribution < -0.4 is 5.73 Å². The van der Waals surface area contributed by atoms with E-state index in [4.69, 9.17) is 5.73 Å². The predicted molar refractivity (Wildman–Crippen MR) is 74.4 cm³/mol. The van der Waals surface area contributed by atoms with Crippen molar-refractivity contribution in [2.45, 2.75) is 23.1 Å². The van der Waals surface area contributed by atoms with E-state index in [1.165, 1.54) is 23.4 Å². The third-order valence-electron chi connectivity index (χ3n) is 2.85. The lowest BCUT2D eigenvalue weighted by atomic mass is 10.1. The lowest BCUT2D eigenvalue weighted by molar-refractivity contribution is 0.577. The Labute approximate surface area is 115 Å². The van der Waals surface area contributed by atoms with Gasteiger partial charge in [0.2, 0.25) is 0 Å². The Balaban J connectivity index is 2.24. The molecule has 0 heterocycles. The fraction of sp³-hybridized carbons (Fsp3) is 0.200. The highest BCUT2D eigenvalue weighted by Crippen LogP contribution is 2.31. The molecule has 0 aliphatic rings. The summed E-state index contributed by atoms with van der Waals surface area (Å²) in [7, 11) is 0. The fourth-order valence-electron chi connectivity index (χ4n) is 1.85. The van der Waals surface area contributed by atoms with Crippen molar-refractivity contribution < 1.29 is 8.78 Å². The molecule has 0 atom stereocenters. The second-order valence-corrected chi connectivity index (χ2v) is 5.42. The summed E-state index contributed by atoms with van der Waals surface area (Å²) in [6.45, 7) is 2.60. The van der Waals surface area contributed by atoms with Gasteiger partial charge in [0.15, 0.2) is 0 Å². The molecule has 0 bridgehead atoms. The first-order valence-corrected chi connectivity index (χ1v) is 6.84. The average Bonchev–Trinajstić information content (AvgIpc) is 2.37. The molecule has 0 amide bonds. The van der Waals surface area contributed by atoms with Gasteiger partial charge in [-0.05, 0) is 61.3 Å². The van der Waals surface area contributed by atoms with Crippen LogP contribution in [0, 0.1) is 18.6 Å². The molecule has 0 unspecified atom stereocenters. The van der Waals surface area contributed by atoms with Crippen molar-refractivity contribution in [1.29, 1.82) is 0 Å². The maximum absolute atomic E-state index is 13.6. The number of aryl methyl sites for hydroxylation is 1. The van der Waals surface area contributed by atoms with Crippen molar-refractivity contribution in [3.05, 3.63) is 59.2 Å². The molecule has 100 valence electrons. The van der Waals surface area contributed by atoms with Crippen LogP contribution in [0.3, 0.4) is 0 Å². The quantitative estimate of drug-likeness (QED) is 0.917. The van der Waals surface area contributed by atoms with Crippen molar-refractivity contribution in [3.8, 4) is 0 Å². The summed E-state index contributed by atoms with van der Waals surface area (Å²) in [6, 6.07) is 9.35. The van der Waals surface area contributed by atoms with E-state index in [0.29, 0.717) is 11.4 Å². The van der Waals surface area contributed by atoms with E-state index >= 15 is 0 Å². The van der Waals surface area contributed by atoms with Gasteiger partial charge >= 0.3 is 0 Å². The van der Waals surface area contributed by atoms with Gasteiger partial charge in [0.25, 0.3) is 0 Å². The van der Waals surface area contributed by atoms with Crippen molar-refractivity contribution >= 4 is 11.8 Å². The molecule has 0 spiro atoms. The van der Waals surface area contributed by atoms with Crippen molar-refractivity contribution in [3.63, 3.8) is 0 Å². The molecule has 0 radical (unpaired) electrons. The molecule has 0 saturated heterocycles. The fourth-order valence-corrected chi connectivity index (χ4v) is 2.81. The highest BCUT2D eigenvalue weighted by atomic mass is 32.2. The van der Waals surface area contributed by atoms with Gasteiger partial charge in [-0.25, -0.2) is 8.78 Å². The molecular formula is C15H15F2NS. The molecule has 1 nitrogen and oxygen atoms in total. The van der Waals surface area contributed by atoms with Crippen LogP contribution in [-0.4, -0.2) is 6.54 Å². The van der Waals surface area contributed by atoms with Gasteiger partial charge in [-0.2, -0.15) is 0 Å². The largest absolute Gasteiger partial charge is 0.330 e. The highest BCUT2D eigenvalue weighted by molar-refractivity contribution is 7.99. The maximum atomic E-state index is 13.6. The Kier molecular flexibility index (Phi) is 4.56. The lowest BCUT2D eigenvalue weighted by Crippen LogP contribution is -2.03. The molecule has 2 rings (SSSR count). The second kappa shape index (κ2) is 6.17. The van der Waals surface area contributed by atoms with Crippen LogP contribution in [0.5, 0.6) is 0 Å². The Morgan fingerprint density at radius 1 is 1.11 bits per heavy atom. The Hall–Kier alpha value is -1.39. The van der Waals surface area contributed by atoms with Crippen LogP contribution in [0.15, 0.2) is 46.2 Å². The highest BCUT2D eigenvalue weighted by Gasteiger charge is 2.07. The van der Waals surface area contributed by atoms with Crippen LogP contribution in [0.4, 0.5) is 8.78 Å². The Morgan fingerprint density at radius 2 is 1.89 bits per heavy atom. The topological polar surface area (TPSA) is 26.0 Å².